The van der Waals surface area contributed by atoms with E-state index < -0.39 is 0 Å². The highest BCUT2D eigenvalue weighted by molar-refractivity contribution is 6.24. The van der Waals surface area contributed by atoms with E-state index in [0.29, 0.717) is 17.8 Å². The van der Waals surface area contributed by atoms with Gasteiger partial charge in [0, 0.05) is 57.1 Å². The second-order valence-corrected chi connectivity index (χ2v) is 7.82. The second-order valence-electron chi connectivity index (χ2n) is 7.82. The fourth-order valence-corrected chi connectivity index (χ4v) is 3.97. The quantitative estimate of drug-likeness (QED) is 0.747. The minimum Gasteiger partial charge on any atom is -0.369 e. The summed E-state index contributed by atoms with van der Waals surface area (Å²) in [6, 6.07) is 6.30. The third kappa shape index (κ3) is 3.38. The van der Waals surface area contributed by atoms with Gasteiger partial charge in [0.1, 0.15) is 5.82 Å². The third-order valence-electron chi connectivity index (χ3n) is 5.73. The normalized spacial score (nSPS) is 18.3. The van der Waals surface area contributed by atoms with Gasteiger partial charge in [0.2, 0.25) is 0 Å². The van der Waals surface area contributed by atoms with Crippen molar-refractivity contribution in [1.29, 1.82) is 0 Å². The van der Waals surface area contributed by atoms with Crippen molar-refractivity contribution in [3.05, 3.63) is 54.1 Å². The van der Waals surface area contributed by atoms with E-state index in [2.05, 4.69) is 39.1 Å². The fraction of sp³-hybridized carbons (Fsp3) is 0.318. The van der Waals surface area contributed by atoms with Gasteiger partial charge in [-0.1, -0.05) is 6.08 Å². The summed E-state index contributed by atoms with van der Waals surface area (Å²) in [5.41, 5.74) is 5.67. The van der Waals surface area contributed by atoms with Crippen molar-refractivity contribution in [3.8, 4) is 0 Å². The third-order valence-corrected chi connectivity index (χ3v) is 5.73. The van der Waals surface area contributed by atoms with Crippen LogP contribution in [-0.2, 0) is 11.8 Å². The summed E-state index contributed by atoms with van der Waals surface area (Å²) in [5, 5.41) is 4.23. The van der Waals surface area contributed by atoms with Gasteiger partial charge >= 0.3 is 0 Å². The number of aromatic amines is 1. The van der Waals surface area contributed by atoms with Crippen LogP contribution in [0.2, 0.25) is 0 Å². The van der Waals surface area contributed by atoms with Crippen LogP contribution < -0.4 is 4.90 Å². The van der Waals surface area contributed by atoms with Crippen LogP contribution in [-0.4, -0.2) is 63.7 Å². The molecule has 0 atom stereocenters. The average molecular weight is 388 g/mol. The molecule has 0 unspecified atom stereocenters. The number of benzene rings is 1. The van der Waals surface area contributed by atoms with Crippen molar-refractivity contribution >= 4 is 33.7 Å². The van der Waals surface area contributed by atoms with E-state index in [1.807, 2.05) is 37.7 Å². The summed E-state index contributed by atoms with van der Waals surface area (Å²) in [4.78, 5) is 25.4. The van der Waals surface area contributed by atoms with Crippen LogP contribution in [0.25, 0.3) is 22.2 Å². The van der Waals surface area contributed by atoms with Crippen molar-refractivity contribution in [1.82, 2.24) is 24.6 Å². The molecule has 0 bridgehead atoms. The van der Waals surface area contributed by atoms with Crippen molar-refractivity contribution in [2.75, 3.05) is 38.1 Å². The number of aryl methyl sites for hydroxylation is 1. The maximum atomic E-state index is 12.6. The Hall–Kier alpha value is -3.19. The molecule has 2 aromatic heterocycles. The van der Waals surface area contributed by atoms with Crippen LogP contribution >= 0.6 is 0 Å². The molecule has 1 fully saturated rings. The molecule has 3 aromatic rings. The molecule has 148 valence electrons. The Balaban J connectivity index is 1.47. The number of hydrogen-bond donors (Lipinski definition) is 1. The first kappa shape index (κ1) is 17.9. The monoisotopic (exact) mass is 388 g/mol. The molecule has 5 rings (SSSR count). The molecule has 1 aromatic carbocycles. The smallest absolute Gasteiger partial charge is 0.170 e. The number of anilines is 1. The predicted octanol–water partition coefficient (Wildman–Crippen LogP) is 2.49. The lowest BCUT2D eigenvalue weighted by atomic mass is 9.95. The number of piperazine rings is 1. The summed E-state index contributed by atoms with van der Waals surface area (Å²) < 4.78 is 1.77. The zero-order chi connectivity index (χ0) is 20.0. The number of Topliss-reactive ketones (excluding diaryl/α,β-unsaturated/α-hetero) is 1. The molecule has 29 heavy (non-hydrogen) atoms. The van der Waals surface area contributed by atoms with E-state index in [1.165, 1.54) is 5.69 Å². The average Bonchev–Trinajstić information content (AvgIpc) is 3.34. The number of rotatable bonds is 3. The fourth-order valence-electron chi connectivity index (χ4n) is 3.97. The molecule has 0 radical (unpaired) electrons. The Labute approximate surface area is 169 Å². The highest BCUT2D eigenvalue weighted by Crippen LogP contribution is 2.30. The van der Waals surface area contributed by atoms with E-state index in [4.69, 9.17) is 4.98 Å². The number of ketones is 1. The van der Waals surface area contributed by atoms with Gasteiger partial charge in [0.15, 0.2) is 5.78 Å². The molecule has 7 nitrogen and oxygen atoms in total. The number of nitrogens with zero attached hydrogens (tertiary/aromatic N) is 5. The van der Waals surface area contributed by atoms with Crippen molar-refractivity contribution < 1.29 is 4.79 Å². The van der Waals surface area contributed by atoms with Gasteiger partial charge in [-0.05, 0) is 36.9 Å². The molecule has 1 saturated heterocycles. The number of nitrogens with one attached hydrogen (secondary N) is 1. The van der Waals surface area contributed by atoms with Gasteiger partial charge in [-0.25, -0.2) is 4.98 Å². The van der Waals surface area contributed by atoms with Crippen molar-refractivity contribution in [2.45, 2.75) is 6.42 Å². The molecule has 1 N–H and O–H groups in total. The Morgan fingerprint density at radius 1 is 1.10 bits per heavy atom. The van der Waals surface area contributed by atoms with Crippen LogP contribution in [0.15, 0.2) is 42.7 Å². The lowest BCUT2D eigenvalue weighted by Gasteiger charge is -2.34. The summed E-state index contributed by atoms with van der Waals surface area (Å²) in [7, 11) is 4.05. The maximum absolute atomic E-state index is 12.6. The first-order valence-electron chi connectivity index (χ1n) is 9.94. The molecule has 3 heterocycles. The Morgan fingerprint density at radius 2 is 1.93 bits per heavy atom. The first-order chi connectivity index (χ1) is 14.1. The lowest BCUT2D eigenvalue weighted by Crippen LogP contribution is -2.44. The minimum absolute atomic E-state index is 0.0796. The zero-order valence-corrected chi connectivity index (χ0v) is 16.7. The van der Waals surface area contributed by atoms with Crippen LogP contribution in [0.3, 0.4) is 0 Å². The standard InChI is InChI=1S/C22H24N6O/c1-26-7-9-28(10-8-26)17-4-5-19-20(12-17)25-22(24-19)18-11-15(3-6-21(18)29)16-13-23-27(2)14-16/h3-5,11-14H,6-10H2,1-2H3,(H,24,25). The van der Waals surface area contributed by atoms with Crippen molar-refractivity contribution in [3.63, 3.8) is 0 Å². The van der Waals surface area contributed by atoms with Crippen LogP contribution in [0.5, 0.6) is 0 Å². The molecule has 2 aliphatic rings. The SMILES string of the molecule is CN1CCN(c2ccc3nc(C4=CC(c5cnn(C)c5)=CCC4=O)[nH]c3c2)CC1. The Bertz CT molecular complexity index is 1140. The van der Waals surface area contributed by atoms with Crippen molar-refractivity contribution in [2.24, 2.45) is 7.05 Å². The first-order valence-corrected chi connectivity index (χ1v) is 9.94. The number of aromatic nitrogens is 4. The Morgan fingerprint density at radius 3 is 2.69 bits per heavy atom. The number of imidazole rings is 1. The number of fused-ring (bicyclic) bond motifs is 1. The molecular formula is C22H24N6O. The van der Waals surface area contributed by atoms with Gasteiger partial charge in [-0.3, -0.25) is 9.48 Å². The largest absolute Gasteiger partial charge is 0.369 e. The Kier molecular flexibility index (Phi) is 4.32. The molecule has 7 heteroatoms. The number of likely N-dealkylation sites (N-methyl/N-ethyl adjacent to an activating group) is 1. The number of allylic oxidation sites excluding steroid dienone is 4. The summed E-state index contributed by atoms with van der Waals surface area (Å²) >= 11 is 0. The lowest BCUT2D eigenvalue weighted by molar-refractivity contribution is -0.113. The predicted molar refractivity (Wildman–Crippen MR) is 115 cm³/mol. The number of carbonyl (C=O) groups excluding carboxylic acids is 1. The number of carbonyl (C=O) groups is 1. The van der Waals surface area contributed by atoms with Gasteiger partial charge in [0.05, 0.1) is 22.8 Å². The van der Waals surface area contributed by atoms with E-state index in [-0.39, 0.29) is 5.78 Å². The molecule has 0 spiro atoms. The van der Waals surface area contributed by atoms with Gasteiger partial charge < -0.3 is 14.8 Å². The minimum atomic E-state index is 0.0796. The van der Waals surface area contributed by atoms with E-state index >= 15 is 0 Å². The van der Waals surface area contributed by atoms with E-state index in [1.54, 1.807) is 4.68 Å². The molecule has 1 aliphatic heterocycles. The zero-order valence-electron chi connectivity index (χ0n) is 16.7. The molecule has 0 saturated carbocycles. The van der Waals surface area contributed by atoms with Crippen LogP contribution in [0, 0.1) is 0 Å². The number of H-pyrrole nitrogens is 1. The second kappa shape index (κ2) is 7.00. The summed E-state index contributed by atoms with van der Waals surface area (Å²) in [6.45, 7) is 4.17. The van der Waals surface area contributed by atoms with Crippen LogP contribution in [0.1, 0.15) is 17.8 Å². The number of hydrogen-bond acceptors (Lipinski definition) is 5. The van der Waals surface area contributed by atoms with Gasteiger partial charge in [0.25, 0.3) is 0 Å². The summed E-state index contributed by atoms with van der Waals surface area (Å²) in [5.74, 6) is 0.714. The van der Waals surface area contributed by atoms with E-state index in [9.17, 15) is 4.79 Å². The highest BCUT2D eigenvalue weighted by Gasteiger charge is 2.21. The molecule has 1 aliphatic carbocycles. The maximum Gasteiger partial charge on any atom is 0.170 e. The topological polar surface area (TPSA) is 70.1 Å². The summed E-state index contributed by atoms with van der Waals surface area (Å²) in [6.07, 6.45) is 8.02. The van der Waals surface area contributed by atoms with Gasteiger partial charge in [-0.2, -0.15) is 5.10 Å². The molecular weight excluding hydrogens is 364 g/mol. The van der Waals surface area contributed by atoms with Gasteiger partial charge in [-0.15, -0.1) is 0 Å². The van der Waals surface area contributed by atoms with E-state index in [0.717, 1.165) is 48.3 Å². The van der Waals surface area contributed by atoms with Crippen LogP contribution in [0.4, 0.5) is 5.69 Å². The molecule has 0 amide bonds. The highest BCUT2D eigenvalue weighted by atomic mass is 16.1.